The molecule has 1 heterocycles. The van der Waals surface area contributed by atoms with Gasteiger partial charge in [-0.3, -0.25) is 9.59 Å². The molecule has 0 spiro atoms. The van der Waals surface area contributed by atoms with Crippen LogP contribution < -0.4 is 0 Å². The largest absolute Gasteiger partial charge is 0.478 e. The molecule has 1 aliphatic carbocycles. The van der Waals surface area contributed by atoms with Crippen molar-refractivity contribution in [2.45, 2.75) is 52.5 Å². The molecule has 1 aromatic carbocycles. The van der Waals surface area contributed by atoms with E-state index in [2.05, 4.69) is 25.1 Å². The van der Waals surface area contributed by atoms with Crippen LogP contribution in [-0.4, -0.2) is 34.2 Å². The summed E-state index contributed by atoms with van der Waals surface area (Å²) in [7, 11) is 0. The zero-order valence-electron chi connectivity index (χ0n) is 17.2. The summed E-state index contributed by atoms with van der Waals surface area (Å²) in [5.41, 5.74) is 3.80. The summed E-state index contributed by atoms with van der Waals surface area (Å²) in [6.07, 6.45) is 8.44. The predicted molar refractivity (Wildman–Crippen MR) is 111 cm³/mol. The van der Waals surface area contributed by atoms with Gasteiger partial charge in [-0.05, 0) is 60.4 Å². The first-order valence-corrected chi connectivity index (χ1v) is 10.4. The van der Waals surface area contributed by atoms with Gasteiger partial charge in [0.1, 0.15) is 0 Å². The SMILES string of the molecule is CCc1cc(CCC2C(=O)C=CC(C(=O)O)=CC2C)ccc1CN1CCCC1=O. The van der Waals surface area contributed by atoms with Crippen molar-refractivity contribution in [3.63, 3.8) is 0 Å². The lowest BCUT2D eigenvalue weighted by Gasteiger charge is -2.20. The number of benzene rings is 1. The lowest BCUT2D eigenvalue weighted by atomic mass is 9.85. The van der Waals surface area contributed by atoms with E-state index in [0.29, 0.717) is 19.4 Å². The van der Waals surface area contributed by atoms with Gasteiger partial charge in [-0.2, -0.15) is 0 Å². The molecule has 1 amide bonds. The summed E-state index contributed by atoms with van der Waals surface area (Å²) in [5.74, 6) is -1.10. The van der Waals surface area contributed by atoms with Crippen LogP contribution in [0.5, 0.6) is 0 Å². The van der Waals surface area contributed by atoms with Crippen molar-refractivity contribution in [2.75, 3.05) is 6.54 Å². The van der Waals surface area contributed by atoms with Crippen molar-refractivity contribution < 1.29 is 19.5 Å². The van der Waals surface area contributed by atoms with E-state index in [1.54, 1.807) is 6.08 Å². The fourth-order valence-electron chi connectivity index (χ4n) is 4.27. The van der Waals surface area contributed by atoms with Crippen LogP contribution in [0, 0.1) is 11.8 Å². The van der Waals surface area contributed by atoms with Gasteiger partial charge in [0, 0.05) is 25.4 Å². The summed E-state index contributed by atoms with van der Waals surface area (Å²) in [4.78, 5) is 37.6. The summed E-state index contributed by atoms with van der Waals surface area (Å²) >= 11 is 0. The Kier molecular flexibility index (Phi) is 6.68. The first-order chi connectivity index (χ1) is 13.9. The van der Waals surface area contributed by atoms with E-state index in [1.165, 1.54) is 28.8 Å². The average Bonchev–Trinajstić information content (AvgIpc) is 3.03. The van der Waals surface area contributed by atoms with E-state index < -0.39 is 5.97 Å². The van der Waals surface area contributed by atoms with Gasteiger partial charge in [-0.25, -0.2) is 4.79 Å². The lowest BCUT2D eigenvalue weighted by molar-refractivity contribution is -0.132. The first-order valence-electron chi connectivity index (χ1n) is 10.4. The van der Waals surface area contributed by atoms with Gasteiger partial charge in [-0.1, -0.05) is 38.1 Å². The van der Waals surface area contributed by atoms with Crippen LogP contribution >= 0.6 is 0 Å². The summed E-state index contributed by atoms with van der Waals surface area (Å²) in [6.45, 7) is 5.54. The molecule has 3 rings (SSSR count). The third kappa shape index (κ3) is 5.03. The molecule has 2 aliphatic rings. The zero-order valence-corrected chi connectivity index (χ0v) is 17.2. The van der Waals surface area contributed by atoms with E-state index in [-0.39, 0.29) is 29.1 Å². The van der Waals surface area contributed by atoms with Gasteiger partial charge < -0.3 is 10.0 Å². The van der Waals surface area contributed by atoms with Crippen molar-refractivity contribution in [1.82, 2.24) is 4.90 Å². The van der Waals surface area contributed by atoms with E-state index in [0.717, 1.165) is 25.8 Å². The minimum atomic E-state index is -0.999. The second kappa shape index (κ2) is 9.21. The predicted octanol–water partition coefficient (Wildman–Crippen LogP) is 3.71. The van der Waals surface area contributed by atoms with Gasteiger partial charge in [-0.15, -0.1) is 0 Å². The normalized spacial score (nSPS) is 22.0. The standard InChI is InChI=1S/C24H29NO4/c1-3-18-14-17(6-8-20(18)15-25-12-4-5-23(25)27)7-10-21-16(2)13-19(24(28)29)9-11-22(21)26/h6,8-9,11,13-14,16,21H,3-5,7,10,12,15H2,1-2H3,(H,28,29). The molecule has 1 saturated heterocycles. The number of amides is 1. The smallest absolute Gasteiger partial charge is 0.335 e. The first kappa shape index (κ1) is 21.0. The molecule has 5 heteroatoms. The number of hydrogen-bond acceptors (Lipinski definition) is 3. The number of hydrogen-bond donors (Lipinski definition) is 1. The number of likely N-dealkylation sites (tertiary alicyclic amines) is 1. The van der Waals surface area contributed by atoms with Crippen LogP contribution in [0.2, 0.25) is 0 Å². The number of ketones is 1. The maximum atomic E-state index is 12.5. The van der Waals surface area contributed by atoms with Crippen LogP contribution in [0.15, 0.2) is 42.0 Å². The fourth-order valence-corrected chi connectivity index (χ4v) is 4.27. The van der Waals surface area contributed by atoms with Crippen LogP contribution in [0.1, 0.15) is 49.8 Å². The molecule has 1 aliphatic heterocycles. The van der Waals surface area contributed by atoms with Crippen molar-refractivity contribution in [3.8, 4) is 0 Å². The third-order valence-corrected chi connectivity index (χ3v) is 6.04. The van der Waals surface area contributed by atoms with Crippen LogP contribution in [-0.2, 0) is 33.8 Å². The fraction of sp³-hybridized carbons (Fsp3) is 0.458. The van der Waals surface area contributed by atoms with Crippen molar-refractivity contribution in [2.24, 2.45) is 11.8 Å². The third-order valence-electron chi connectivity index (χ3n) is 6.04. The van der Waals surface area contributed by atoms with E-state index in [4.69, 9.17) is 0 Å². The number of carboxylic acid groups (broad SMARTS) is 1. The Bertz CT molecular complexity index is 868. The van der Waals surface area contributed by atoms with Crippen molar-refractivity contribution >= 4 is 17.7 Å². The zero-order chi connectivity index (χ0) is 21.0. The molecule has 1 aromatic rings. The molecule has 1 fully saturated rings. The van der Waals surface area contributed by atoms with Gasteiger partial charge in [0.05, 0.1) is 5.57 Å². The summed E-state index contributed by atoms with van der Waals surface area (Å²) < 4.78 is 0. The van der Waals surface area contributed by atoms with Gasteiger partial charge >= 0.3 is 5.97 Å². The van der Waals surface area contributed by atoms with E-state index >= 15 is 0 Å². The molecule has 2 atom stereocenters. The Morgan fingerprint density at radius 1 is 1.21 bits per heavy atom. The monoisotopic (exact) mass is 395 g/mol. The highest BCUT2D eigenvalue weighted by atomic mass is 16.4. The number of carboxylic acids is 1. The van der Waals surface area contributed by atoms with Gasteiger partial charge in [0.25, 0.3) is 0 Å². The second-order valence-corrected chi connectivity index (χ2v) is 8.04. The van der Waals surface area contributed by atoms with Crippen molar-refractivity contribution in [3.05, 3.63) is 58.7 Å². The quantitative estimate of drug-likeness (QED) is 0.764. The number of carbonyl (C=O) groups is 3. The number of aryl methyl sites for hydroxylation is 2. The minimum Gasteiger partial charge on any atom is -0.478 e. The molecule has 5 nitrogen and oxygen atoms in total. The summed E-state index contributed by atoms with van der Waals surface area (Å²) in [5, 5.41) is 9.21. The maximum absolute atomic E-state index is 12.5. The molecular weight excluding hydrogens is 366 g/mol. The molecule has 2 unspecified atom stereocenters. The number of rotatable bonds is 7. The Hall–Kier alpha value is -2.69. The molecule has 154 valence electrons. The summed E-state index contributed by atoms with van der Waals surface area (Å²) in [6, 6.07) is 6.39. The lowest BCUT2D eigenvalue weighted by Crippen LogP contribution is -2.24. The Morgan fingerprint density at radius 3 is 2.66 bits per heavy atom. The Labute approximate surface area is 172 Å². The van der Waals surface area contributed by atoms with E-state index in [1.807, 2.05) is 11.8 Å². The van der Waals surface area contributed by atoms with Gasteiger partial charge in [0.15, 0.2) is 5.78 Å². The molecule has 1 N–H and O–H groups in total. The Morgan fingerprint density at radius 2 is 2.00 bits per heavy atom. The Balaban J connectivity index is 1.68. The second-order valence-electron chi connectivity index (χ2n) is 8.04. The van der Waals surface area contributed by atoms with E-state index in [9.17, 15) is 19.5 Å². The van der Waals surface area contributed by atoms with Gasteiger partial charge in [0.2, 0.25) is 5.91 Å². The number of carbonyl (C=O) groups excluding carboxylic acids is 2. The highest BCUT2D eigenvalue weighted by Crippen LogP contribution is 2.27. The number of allylic oxidation sites excluding steroid dienone is 2. The van der Waals surface area contributed by atoms with Crippen LogP contribution in [0.3, 0.4) is 0 Å². The molecule has 29 heavy (non-hydrogen) atoms. The van der Waals surface area contributed by atoms with Crippen LogP contribution in [0.25, 0.3) is 0 Å². The maximum Gasteiger partial charge on any atom is 0.335 e. The average molecular weight is 395 g/mol. The van der Waals surface area contributed by atoms with Crippen LogP contribution in [0.4, 0.5) is 0 Å². The molecule has 0 radical (unpaired) electrons. The topological polar surface area (TPSA) is 74.7 Å². The number of nitrogens with zero attached hydrogens (tertiary/aromatic N) is 1. The highest BCUT2D eigenvalue weighted by molar-refractivity contribution is 5.97. The molecule has 0 saturated carbocycles. The molecule has 0 bridgehead atoms. The highest BCUT2D eigenvalue weighted by Gasteiger charge is 2.26. The number of aliphatic carboxylic acids is 1. The molecular formula is C24H29NO4. The van der Waals surface area contributed by atoms with Crippen molar-refractivity contribution in [1.29, 1.82) is 0 Å². The molecule has 0 aromatic heterocycles. The minimum absolute atomic E-state index is 0.00937.